The van der Waals surface area contributed by atoms with E-state index in [1.807, 2.05) is 24.3 Å². The fraction of sp³-hybridized carbons (Fsp3) is 0.320. The zero-order valence-electron chi connectivity index (χ0n) is 18.8. The van der Waals surface area contributed by atoms with Crippen LogP contribution in [0.2, 0.25) is 0 Å². The van der Waals surface area contributed by atoms with Crippen LogP contribution in [0.1, 0.15) is 46.7 Å². The summed E-state index contributed by atoms with van der Waals surface area (Å²) in [5, 5.41) is 4.09. The Morgan fingerprint density at radius 2 is 1.81 bits per heavy atom. The largest absolute Gasteiger partial charge is 0.469 e. The third kappa shape index (κ3) is 3.88. The first-order valence-corrected chi connectivity index (χ1v) is 11.1. The lowest BCUT2D eigenvalue weighted by atomic mass is 9.93. The van der Waals surface area contributed by atoms with Gasteiger partial charge in [-0.15, -0.1) is 0 Å². The minimum absolute atomic E-state index is 0.0919. The number of carbonyl (C=O) groups is 1. The maximum absolute atomic E-state index is 11.9. The highest BCUT2D eigenvalue weighted by Crippen LogP contribution is 2.43. The van der Waals surface area contributed by atoms with E-state index in [9.17, 15) is 4.79 Å². The lowest BCUT2D eigenvalue weighted by Gasteiger charge is -2.28. The van der Waals surface area contributed by atoms with Crippen molar-refractivity contribution >= 4 is 23.3 Å². The standard InChI is InChI=1S/C25H28N4O2S/c1-16-17(2)29(19-10-6-5-7-11-19)18(3)22(16)24-23(20-12-8-9-14-26-20)27-25(32)28(24)15-13-21(30)31-4/h5-12,14,23-24H,13,15H2,1-4H3,(H,27,32)/t23-,24+/m0/s1. The Morgan fingerprint density at radius 1 is 1.09 bits per heavy atom. The van der Waals surface area contributed by atoms with E-state index in [2.05, 4.69) is 64.8 Å². The van der Waals surface area contributed by atoms with Gasteiger partial charge in [0.1, 0.15) is 0 Å². The molecule has 7 heteroatoms. The number of thiocarbonyl (C=S) groups is 1. The van der Waals surface area contributed by atoms with Crippen LogP contribution in [0.15, 0.2) is 54.7 Å². The molecule has 2 atom stereocenters. The third-order valence-corrected chi connectivity index (χ3v) is 6.65. The number of ether oxygens (including phenoxy) is 1. The summed E-state index contributed by atoms with van der Waals surface area (Å²) in [6.07, 6.45) is 2.06. The first-order chi connectivity index (χ1) is 15.4. The van der Waals surface area contributed by atoms with Gasteiger partial charge in [-0.1, -0.05) is 24.3 Å². The summed E-state index contributed by atoms with van der Waals surface area (Å²) in [7, 11) is 1.41. The lowest BCUT2D eigenvalue weighted by molar-refractivity contribution is -0.140. The van der Waals surface area contributed by atoms with Crippen LogP contribution in [0.3, 0.4) is 0 Å². The number of benzene rings is 1. The van der Waals surface area contributed by atoms with Crippen molar-refractivity contribution in [3.05, 3.63) is 82.9 Å². The molecule has 0 amide bonds. The van der Waals surface area contributed by atoms with Crippen LogP contribution in [0.25, 0.3) is 5.69 Å². The third-order valence-electron chi connectivity index (χ3n) is 6.30. The molecule has 1 fully saturated rings. The molecule has 3 heterocycles. The Bertz CT molecular complexity index is 1130. The second kappa shape index (κ2) is 9.12. The van der Waals surface area contributed by atoms with E-state index in [1.54, 1.807) is 6.20 Å². The SMILES string of the molecule is COC(=O)CCN1C(=S)N[C@@H](c2ccccn2)[C@H]1c1c(C)c(C)n(-c2ccccc2)c1C. The van der Waals surface area contributed by atoms with Crippen LogP contribution in [0, 0.1) is 20.8 Å². The molecule has 0 spiro atoms. The number of hydrogen-bond donors (Lipinski definition) is 1. The van der Waals surface area contributed by atoms with Gasteiger partial charge in [0.2, 0.25) is 0 Å². The van der Waals surface area contributed by atoms with E-state index in [4.69, 9.17) is 17.0 Å². The summed E-state index contributed by atoms with van der Waals surface area (Å²) < 4.78 is 7.17. The molecule has 1 aliphatic rings. The van der Waals surface area contributed by atoms with E-state index in [-0.39, 0.29) is 24.5 Å². The topological polar surface area (TPSA) is 59.4 Å². The van der Waals surface area contributed by atoms with Crippen LogP contribution in [-0.2, 0) is 9.53 Å². The predicted octanol–water partition coefficient (Wildman–Crippen LogP) is 4.33. The van der Waals surface area contributed by atoms with Gasteiger partial charge in [-0.2, -0.15) is 0 Å². The van der Waals surface area contributed by atoms with E-state index >= 15 is 0 Å². The van der Waals surface area contributed by atoms with Gasteiger partial charge in [-0.05, 0) is 62.8 Å². The Morgan fingerprint density at radius 3 is 2.47 bits per heavy atom. The normalized spacial score (nSPS) is 18.0. The summed E-state index contributed by atoms with van der Waals surface area (Å²) in [4.78, 5) is 18.6. The molecule has 166 valence electrons. The Labute approximate surface area is 194 Å². The van der Waals surface area contributed by atoms with E-state index < -0.39 is 0 Å². The average Bonchev–Trinajstić information content (AvgIpc) is 3.25. The molecule has 3 aromatic rings. The highest BCUT2D eigenvalue weighted by atomic mass is 32.1. The summed E-state index contributed by atoms with van der Waals surface area (Å²) in [6, 6.07) is 16.1. The van der Waals surface area contributed by atoms with Gasteiger partial charge in [0.25, 0.3) is 0 Å². The van der Waals surface area contributed by atoms with Gasteiger partial charge < -0.3 is 19.5 Å². The number of hydrogen-bond acceptors (Lipinski definition) is 4. The molecule has 1 aromatic carbocycles. The fourth-order valence-electron chi connectivity index (χ4n) is 4.68. The quantitative estimate of drug-likeness (QED) is 0.447. The second-order valence-electron chi connectivity index (χ2n) is 8.03. The molecule has 1 aliphatic heterocycles. The molecule has 1 saturated heterocycles. The number of pyridine rings is 1. The molecular formula is C25H28N4O2S. The predicted molar refractivity (Wildman–Crippen MR) is 129 cm³/mol. The van der Waals surface area contributed by atoms with Crippen molar-refractivity contribution < 1.29 is 9.53 Å². The molecule has 0 saturated carbocycles. The van der Waals surface area contributed by atoms with E-state index in [0.717, 1.165) is 17.1 Å². The van der Waals surface area contributed by atoms with Gasteiger partial charge in [0.05, 0.1) is 31.3 Å². The number of nitrogens with one attached hydrogen (secondary N) is 1. The number of para-hydroxylation sites is 1. The monoisotopic (exact) mass is 448 g/mol. The van der Waals surface area contributed by atoms with E-state index in [0.29, 0.717) is 11.7 Å². The van der Waals surface area contributed by atoms with Crippen LogP contribution >= 0.6 is 12.2 Å². The number of nitrogens with zero attached hydrogens (tertiary/aromatic N) is 3. The maximum atomic E-state index is 11.9. The van der Waals surface area contributed by atoms with Gasteiger partial charge in [-0.25, -0.2) is 0 Å². The summed E-state index contributed by atoms with van der Waals surface area (Å²) in [5.41, 5.74) is 6.82. The number of rotatable bonds is 6. The van der Waals surface area contributed by atoms with Crippen molar-refractivity contribution in [2.24, 2.45) is 0 Å². The van der Waals surface area contributed by atoms with Crippen molar-refractivity contribution in [3.63, 3.8) is 0 Å². The summed E-state index contributed by atoms with van der Waals surface area (Å²) in [6.45, 7) is 6.93. The molecule has 6 nitrogen and oxygen atoms in total. The Hall–Kier alpha value is -3.19. The van der Waals surface area contributed by atoms with Crippen molar-refractivity contribution in [2.75, 3.05) is 13.7 Å². The van der Waals surface area contributed by atoms with Gasteiger partial charge in [-0.3, -0.25) is 9.78 Å². The molecule has 0 aliphatic carbocycles. The maximum Gasteiger partial charge on any atom is 0.307 e. The van der Waals surface area contributed by atoms with Crippen molar-refractivity contribution in [1.29, 1.82) is 0 Å². The van der Waals surface area contributed by atoms with Crippen LogP contribution in [-0.4, -0.2) is 39.2 Å². The highest BCUT2D eigenvalue weighted by Gasteiger charge is 2.42. The van der Waals surface area contributed by atoms with Crippen molar-refractivity contribution in [3.8, 4) is 5.69 Å². The minimum Gasteiger partial charge on any atom is -0.469 e. The molecule has 2 aromatic heterocycles. The minimum atomic E-state index is -0.251. The number of methoxy groups -OCH3 is 1. The summed E-state index contributed by atoms with van der Waals surface area (Å²) in [5.74, 6) is -0.251. The molecule has 4 rings (SSSR count). The summed E-state index contributed by atoms with van der Waals surface area (Å²) >= 11 is 5.73. The zero-order chi connectivity index (χ0) is 22.8. The fourth-order valence-corrected chi connectivity index (χ4v) is 5.01. The molecule has 0 radical (unpaired) electrons. The van der Waals surface area contributed by atoms with Crippen molar-refractivity contribution in [2.45, 2.75) is 39.3 Å². The molecular weight excluding hydrogens is 420 g/mol. The number of aromatic nitrogens is 2. The number of esters is 1. The van der Waals surface area contributed by atoms with Gasteiger partial charge in [0, 0.05) is 35.4 Å². The zero-order valence-corrected chi connectivity index (χ0v) is 19.6. The molecule has 0 unspecified atom stereocenters. The van der Waals surface area contributed by atoms with Crippen LogP contribution < -0.4 is 5.32 Å². The first kappa shape index (κ1) is 22.0. The second-order valence-corrected chi connectivity index (χ2v) is 8.41. The van der Waals surface area contributed by atoms with Gasteiger partial charge >= 0.3 is 5.97 Å². The van der Waals surface area contributed by atoms with E-state index in [1.165, 1.54) is 23.9 Å². The molecule has 1 N–H and O–H groups in total. The van der Waals surface area contributed by atoms with Crippen molar-refractivity contribution in [1.82, 2.24) is 19.8 Å². The molecule has 0 bridgehead atoms. The average molecular weight is 449 g/mol. The lowest BCUT2D eigenvalue weighted by Crippen LogP contribution is -2.32. The smallest absolute Gasteiger partial charge is 0.307 e. The van der Waals surface area contributed by atoms with Gasteiger partial charge in [0.15, 0.2) is 5.11 Å². The number of carbonyl (C=O) groups excluding carboxylic acids is 1. The first-order valence-electron chi connectivity index (χ1n) is 10.7. The Balaban J connectivity index is 1.84. The Kier molecular flexibility index (Phi) is 6.28. The highest BCUT2D eigenvalue weighted by molar-refractivity contribution is 7.80. The molecule has 32 heavy (non-hydrogen) atoms. The van der Waals surface area contributed by atoms with Crippen LogP contribution in [0.4, 0.5) is 0 Å². The van der Waals surface area contributed by atoms with Crippen LogP contribution in [0.5, 0.6) is 0 Å².